The van der Waals surface area contributed by atoms with E-state index >= 15 is 0 Å². The number of aromatic nitrogens is 2. The lowest BCUT2D eigenvalue weighted by Crippen LogP contribution is -2.45. The van der Waals surface area contributed by atoms with E-state index in [0.717, 1.165) is 5.52 Å². The molecule has 1 atom stereocenters. The Bertz CT molecular complexity index is 705. The number of aliphatic hydroxyl groups excluding tert-OH is 1. The first kappa shape index (κ1) is 15.8. The molecule has 124 valence electrons. The van der Waals surface area contributed by atoms with Crippen molar-refractivity contribution in [3.8, 4) is 0 Å². The maximum absolute atomic E-state index is 12.5. The Labute approximate surface area is 130 Å². The van der Waals surface area contributed by atoms with Crippen molar-refractivity contribution < 1.29 is 23.1 Å². The van der Waals surface area contributed by atoms with E-state index in [1.165, 1.54) is 4.90 Å². The van der Waals surface area contributed by atoms with Crippen LogP contribution < -0.4 is 0 Å². The van der Waals surface area contributed by atoms with Gasteiger partial charge in [-0.3, -0.25) is 4.79 Å². The van der Waals surface area contributed by atoms with Gasteiger partial charge in [-0.2, -0.15) is 13.2 Å². The second kappa shape index (κ2) is 5.84. The molecule has 0 spiro atoms. The van der Waals surface area contributed by atoms with Crippen molar-refractivity contribution in [2.45, 2.75) is 25.1 Å². The highest BCUT2D eigenvalue weighted by Gasteiger charge is 2.44. The molecular formula is C15H16F3N3O2. The largest absolute Gasteiger partial charge is 0.414 e. The highest BCUT2D eigenvalue weighted by atomic mass is 19.4. The van der Waals surface area contributed by atoms with Crippen molar-refractivity contribution in [3.05, 3.63) is 36.4 Å². The van der Waals surface area contributed by atoms with Crippen LogP contribution in [-0.4, -0.2) is 50.7 Å². The topological polar surface area (TPSA) is 57.8 Å². The second-order valence-electron chi connectivity index (χ2n) is 5.76. The minimum absolute atomic E-state index is 0.140. The molecule has 0 bridgehead atoms. The summed E-state index contributed by atoms with van der Waals surface area (Å²) >= 11 is 0. The van der Waals surface area contributed by atoms with Gasteiger partial charge in [0.1, 0.15) is 0 Å². The predicted molar refractivity (Wildman–Crippen MR) is 75.9 cm³/mol. The molecule has 1 saturated heterocycles. The molecule has 1 aliphatic rings. The molecule has 1 fully saturated rings. The van der Waals surface area contributed by atoms with Gasteiger partial charge in [-0.25, -0.2) is 4.98 Å². The fourth-order valence-corrected chi connectivity index (χ4v) is 2.92. The number of carbonyl (C=O) groups is 1. The Balaban J connectivity index is 1.66. The minimum Gasteiger partial charge on any atom is -0.383 e. The van der Waals surface area contributed by atoms with Gasteiger partial charge in [0.05, 0.1) is 18.0 Å². The number of nitrogens with zero attached hydrogens (tertiary/aromatic N) is 3. The number of likely N-dealkylation sites (tertiary alicyclic amines) is 1. The third kappa shape index (κ3) is 3.17. The summed E-state index contributed by atoms with van der Waals surface area (Å²) in [7, 11) is 0. The van der Waals surface area contributed by atoms with Gasteiger partial charge >= 0.3 is 6.18 Å². The Morgan fingerprint density at radius 2 is 2.04 bits per heavy atom. The SMILES string of the molecule is O=C(c1ccn2cncc2c1)N1CCC(C(O)C(F)(F)F)CC1. The maximum Gasteiger partial charge on any atom is 0.414 e. The van der Waals surface area contributed by atoms with E-state index in [-0.39, 0.29) is 31.8 Å². The highest BCUT2D eigenvalue weighted by Crippen LogP contribution is 2.31. The normalized spacial score (nSPS) is 18.3. The average molecular weight is 327 g/mol. The van der Waals surface area contributed by atoms with Gasteiger partial charge in [0.15, 0.2) is 6.10 Å². The molecule has 0 aromatic carbocycles. The highest BCUT2D eigenvalue weighted by molar-refractivity contribution is 5.95. The third-order valence-corrected chi connectivity index (χ3v) is 4.27. The van der Waals surface area contributed by atoms with Gasteiger partial charge in [0.2, 0.25) is 0 Å². The lowest BCUT2D eigenvalue weighted by atomic mass is 9.90. The van der Waals surface area contributed by atoms with Crippen LogP contribution in [0.3, 0.4) is 0 Å². The first-order valence-corrected chi connectivity index (χ1v) is 7.32. The molecule has 1 unspecified atom stereocenters. The zero-order valence-electron chi connectivity index (χ0n) is 12.2. The lowest BCUT2D eigenvalue weighted by Gasteiger charge is -2.34. The molecular weight excluding hydrogens is 311 g/mol. The molecule has 0 aliphatic carbocycles. The molecule has 23 heavy (non-hydrogen) atoms. The second-order valence-corrected chi connectivity index (χ2v) is 5.76. The van der Waals surface area contributed by atoms with Gasteiger partial charge < -0.3 is 14.4 Å². The van der Waals surface area contributed by atoms with Crippen molar-refractivity contribution in [3.63, 3.8) is 0 Å². The average Bonchev–Trinajstić information content (AvgIpc) is 3.00. The number of halogens is 3. The molecule has 5 nitrogen and oxygen atoms in total. The van der Waals surface area contributed by atoms with E-state index in [9.17, 15) is 23.1 Å². The van der Waals surface area contributed by atoms with Crippen LogP contribution in [0.2, 0.25) is 0 Å². The molecule has 0 saturated carbocycles. The molecule has 2 aromatic heterocycles. The van der Waals surface area contributed by atoms with Gasteiger partial charge in [-0.05, 0) is 30.9 Å². The van der Waals surface area contributed by atoms with Crippen LogP contribution in [0.15, 0.2) is 30.9 Å². The molecule has 1 aliphatic heterocycles. The van der Waals surface area contributed by atoms with Crippen molar-refractivity contribution in [1.82, 2.24) is 14.3 Å². The summed E-state index contributed by atoms with van der Waals surface area (Å²) in [5, 5.41) is 9.31. The number of amides is 1. The number of alkyl halides is 3. The summed E-state index contributed by atoms with van der Waals surface area (Å²) in [6.45, 7) is 0.419. The predicted octanol–water partition coefficient (Wildman–Crippen LogP) is 2.11. The van der Waals surface area contributed by atoms with Crippen molar-refractivity contribution in [2.24, 2.45) is 5.92 Å². The van der Waals surface area contributed by atoms with Crippen molar-refractivity contribution in [1.29, 1.82) is 0 Å². The van der Waals surface area contributed by atoms with Crippen LogP contribution in [0, 0.1) is 5.92 Å². The molecule has 3 heterocycles. The van der Waals surface area contributed by atoms with Crippen LogP contribution in [0.4, 0.5) is 13.2 Å². The van der Waals surface area contributed by atoms with Gasteiger partial charge in [-0.1, -0.05) is 0 Å². The van der Waals surface area contributed by atoms with Crippen molar-refractivity contribution >= 4 is 11.4 Å². The molecule has 1 N–H and O–H groups in total. The molecule has 2 aromatic rings. The van der Waals surface area contributed by atoms with Crippen LogP contribution in [-0.2, 0) is 0 Å². The van der Waals surface area contributed by atoms with Gasteiger partial charge in [0, 0.05) is 24.8 Å². The first-order chi connectivity index (χ1) is 10.9. The number of rotatable bonds is 2. The number of fused-ring (bicyclic) bond motifs is 1. The quantitative estimate of drug-likeness (QED) is 0.919. The number of piperidine rings is 1. The number of carbonyl (C=O) groups excluding carboxylic acids is 1. The Morgan fingerprint density at radius 1 is 1.35 bits per heavy atom. The number of hydrogen-bond donors (Lipinski definition) is 1. The molecule has 3 rings (SSSR count). The van der Waals surface area contributed by atoms with Crippen molar-refractivity contribution in [2.75, 3.05) is 13.1 Å². The summed E-state index contributed by atoms with van der Waals surface area (Å²) < 4.78 is 39.4. The zero-order chi connectivity index (χ0) is 16.6. The van der Waals surface area contributed by atoms with E-state index in [0.29, 0.717) is 5.56 Å². The van der Waals surface area contributed by atoms with E-state index in [1.807, 2.05) is 0 Å². The lowest BCUT2D eigenvalue weighted by molar-refractivity contribution is -0.222. The van der Waals surface area contributed by atoms with E-state index < -0.39 is 18.2 Å². The first-order valence-electron chi connectivity index (χ1n) is 7.32. The van der Waals surface area contributed by atoms with Crippen LogP contribution >= 0.6 is 0 Å². The summed E-state index contributed by atoms with van der Waals surface area (Å²) in [5.41, 5.74) is 1.26. The third-order valence-electron chi connectivity index (χ3n) is 4.27. The molecule has 0 radical (unpaired) electrons. The number of hydrogen-bond acceptors (Lipinski definition) is 3. The summed E-state index contributed by atoms with van der Waals surface area (Å²) in [5.74, 6) is -1.06. The summed E-state index contributed by atoms with van der Waals surface area (Å²) in [6.07, 6.45) is -1.68. The standard InChI is InChI=1S/C15H16F3N3O2/c16-15(17,18)13(22)10-1-4-20(5-2-10)14(23)11-3-6-21-9-19-8-12(21)7-11/h3,6-10,13,22H,1-2,4-5H2. The van der Waals surface area contributed by atoms with E-state index in [2.05, 4.69) is 4.98 Å². The van der Waals surface area contributed by atoms with Crippen LogP contribution in [0.5, 0.6) is 0 Å². The van der Waals surface area contributed by atoms with Gasteiger partial charge in [-0.15, -0.1) is 0 Å². The maximum atomic E-state index is 12.5. The monoisotopic (exact) mass is 327 g/mol. The Kier molecular flexibility index (Phi) is 4.01. The number of aliphatic hydroxyl groups is 1. The zero-order valence-corrected chi connectivity index (χ0v) is 12.2. The fraction of sp³-hybridized carbons (Fsp3) is 0.467. The van der Waals surface area contributed by atoms with Crippen LogP contribution in [0.1, 0.15) is 23.2 Å². The van der Waals surface area contributed by atoms with Crippen LogP contribution in [0.25, 0.3) is 5.52 Å². The van der Waals surface area contributed by atoms with E-state index in [4.69, 9.17) is 0 Å². The summed E-state index contributed by atoms with van der Waals surface area (Å²) in [6, 6.07) is 3.36. The number of pyridine rings is 1. The number of imidazole rings is 1. The fourth-order valence-electron chi connectivity index (χ4n) is 2.92. The van der Waals surface area contributed by atoms with E-state index in [1.54, 1.807) is 35.3 Å². The Hall–Kier alpha value is -2.09. The molecule has 8 heteroatoms. The minimum atomic E-state index is -4.61. The smallest absolute Gasteiger partial charge is 0.383 e. The molecule has 1 amide bonds. The van der Waals surface area contributed by atoms with Gasteiger partial charge in [0.25, 0.3) is 5.91 Å². The Morgan fingerprint density at radius 3 is 2.70 bits per heavy atom. The summed E-state index contributed by atoms with van der Waals surface area (Å²) in [4.78, 5) is 18.0.